The molecule has 0 aromatic heterocycles. The van der Waals surface area contributed by atoms with Gasteiger partial charge in [0.25, 0.3) is 0 Å². The molecular formula is C27H32N2O4. The number of hydrogen-bond acceptors (Lipinski definition) is 4. The zero-order chi connectivity index (χ0) is 23.2. The van der Waals surface area contributed by atoms with Crippen LogP contribution in [0, 0.1) is 17.3 Å². The first-order valence-electron chi connectivity index (χ1n) is 11.8. The van der Waals surface area contributed by atoms with Crippen LogP contribution < -0.4 is 20.1 Å². The first-order valence-corrected chi connectivity index (χ1v) is 11.8. The van der Waals surface area contributed by atoms with Gasteiger partial charge in [-0.3, -0.25) is 9.59 Å². The van der Waals surface area contributed by atoms with Crippen molar-refractivity contribution in [1.82, 2.24) is 0 Å². The minimum Gasteiger partial charge on any atom is -0.497 e. The molecule has 4 fully saturated rings. The van der Waals surface area contributed by atoms with Crippen LogP contribution in [0.2, 0.25) is 0 Å². The van der Waals surface area contributed by atoms with Crippen LogP contribution in [0.25, 0.3) is 0 Å². The number of carbonyl (C=O) groups is 2. The summed E-state index contributed by atoms with van der Waals surface area (Å²) in [6, 6.07) is 13.9. The Balaban J connectivity index is 1.42. The van der Waals surface area contributed by atoms with E-state index in [1.54, 1.807) is 26.4 Å². The molecule has 6 heteroatoms. The maximum Gasteiger partial charge on any atom is 0.230 e. The average molecular weight is 449 g/mol. The molecule has 2 unspecified atom stereocenters. The summed E-state index contributed by atoms with van der Waals surface area (Å²) in [4.78, 5) is 25.4. The molecule has 174 valence electrons. The number of amides is 2. The third-order valence-electron chi connectivity index (χ3n) is 8.01. The molecule has 4 aliphatic carbocycles. The summed E-state index contributed by atoms with van der Waals surface area (Å²) in [6.45, 7) is 1.46. The minimum atomic E-state index is -0.349. The van der Waals surface area contributed by atoms with Crippen molar-refractivity contribution in [1.29, 1.82) is 0 Å². The third kappa shape index (κ3) is 3.85. The summed E-state index contributed by atoms with van der Waals surface area (Å²) in [7, 11) is 3.25. The Morgan fingerprint density at radius 1 is 0.909 bits per heavy atom. The van der Waals surface area contributed by atoms with Gasteiger partial charge in [0.15, 0.2) is 0 Å². The standard InChI is InChI=1S/C27H32N2O4/c1-17(30)28-23-11-21(6-9-24(23)33-3)29-25(31)27-14-18-10-19(15-27)13-26(12-18,16-27)20-4-7-22(32-2)8-5-20/h4-9,11,18-19H,10,12-16H2,1-3H3,(H,28,30)(H,29,31). The zero-order valence-corrected chi connectivity index (χ0v) is 19.6. The van der Waals surface area contributed by atoms with Crippen LogP contribution in [-0.2, 0) is 15.0 Å². The number of hydrogen-bond donors (Lipinski definition) is 2. The fraction of sp³-hybridized carbons (Fsp3) is 0.481. The topological polar surface area (TPSA) is 76.7 Å². The molecular weight excluding hydrogens is 416 g/mol. The lowest BCUT2D eigenvalue weighted by molar-refractivity contribution is -0.143. The summed E-state index contributed by atoms with van der Waals surface area (Å²) >= 11 is 0. The van der Waals surface area contributed by atoms with Gasteiger partial charge in [-0.1, -0.05) is 12.1 Å². The van der Waals surface area contributed by atoms with Crippen LogP contribution >= 0.6 is 0 Å². The number of nitrogens with one attached hydrogen (secondary N) is 2. The molecule has 0 aliphatic heterocycles. The molecule has 6 nitrogen and oxygen atoms in total. The minimum absolute atomic E-state index is 0.0644. The molecule has 0 spiro atoms. The molecule has 2 N–H and O–H groups in total. The number of rotatable bonds is 6. The van der Waals surface area contributed by atoms with E-state index in [1.807, 2.05) is 18.2 Å². The molecule has 0 radical (unpaired) electrons. The maximum atomic E-state index is 13.8. The van der Waals surface area contributed by atoms with Crippen molar-refractivity contribution in [3.05, 3.63) is 48.0 Å². The van der Waals surface area contributed by atoms with E-state index in [1.165, 1.54) is 31.7 Å². The van der Waals surface area contributed by atoms with Gasteiger partial charge in [-0.2, -0.15) is 0 Å². The highest BCUT2D eigenvalue weighted by Gasteiger charge is 2.60. The highest BCUT2D eigenvalue weighted by atomic mass is 16.5. The van der Waals surface area contributed by atoms with Crippen molar-refractivity contribution < 1.29 is 19.1 Å². The Bertz CT molecular complexity index is 1060. The summed E-state index contributed by atoms with van der Waals surface area (Å²) in [5, 5.41) is 5.97. The molecule has 2 amide bonds. The summed E-state index contributed by atoms with van der Waals surface area (Å²) in [5.74, 6) is 2.53. The van der Waals surface area contributed by atoms with Gasteiger partial charge in [0, 0.05) is 12.6 Å². The lowest BCUT2D eigenvalue weighted by atomic mass is 9.42. The van der Waals surface area contributed by atoms with Crippen LogP contribution in [0.15, 0.2) is 42.5 Å². The van der Waals surface area contributed by atoms with Crippen molar-refractivity contribution in [3.63, 3.8) is 0 Å². The third-order valence-corrected chi connectivity index (χ3v) is 8.01. The second kappa shape index (κ2) is 8.08. The van der Waals surface area contributed by atoms with Gasteiger partial charge in [-0.05, 0) is 91.7 Å². The molecule has 4 bridgehead atoms. The lowest BCUT2D eigenvalue weighted by Crippen LogP contribution is -2.57. The number of benzene rings is 2. The van der Waals surface area contributed by atoms with Crippen LogP contribution in [-0.4, -0.2) is 26.0 Å². The van der Waals surface area contributed by atoms with Gasteiger partial charge in [-0.25, -0.2) is 0 Å². The molecule has 0 heterocycles. The van der Waals surface area contributed by atoms with Gasteiger partial charge >= 0.3 is 0 Å². The Morgan fingerprint density at radius 2 is 1.61 bits per heavy atom. The molecule has 2 aromatic rings. The fourth-order valence-corrected chi connectivity index (χ4v) is 7.15. The summed E-state index contributed by atoms with van der Waals surface area (Å²) in [5.41, 5.74) is 2.29. The van der Waals surface area contributed by atoms with Gasteiger partial charge < -0.3 is 20.1 Å². The number of carbonyl (C=O) groups excluding carboxylic acids is 2. The highest BCUT2D eigenvalue weighted by molar-refractivity contribution is 5.97. The highest BCUT2D eigenvalue weighted by Crippen LogP contribution is 2.66. The quantitative estimate of drug-likeness (QED) is 0.642. The van der Waals surface area contributed by atoms with E-state index in [4.69, 9.17) is 9.47 Å². The summed E-state index contributed by atoms with van der Waals surface area (Å²) < 4.78 is 10.7. The van der Waals surface area contributed by atoms with E-state index >= 15 is 0 Å². The zero-order valence-electron chi connectivity index (χ0n) is 19.6. The van der Waals surface area contributed by atoms with Crippen molar-refractivity contribution in [2.45, 2.75) is 50.9 Å². The van der Waals surface area contributed by atoms with Crippen molar-refractivity contribution in [3.8, 4) is 11.5 Å². The second-order valence-electron chi connectivity index (χ2n) is 10.3. The monoisotopic (exact) mass is 448 g/mol. The van der Waals surface area contributed by atoms with Crippen molar-refractivity contribution in [2.24, 2.45) is 17.3 Å². The van der Waals surface area contributed by atoms with E-state index in [-0.39, 0.29) is 22.6 Å². The SMILES string of the molecule is COc1ccc(C23CC4CC(CC(C(=O)Nc5ccc(OC)c(NC(C)=O)c5)(C4)C2)C3)cc1. The van der Waals surface area contributed by atoms with Crippen molar-refractivity contribution in [2.75, 3.05) is 24.9 Å². The van der Waals surface area contributed by atoms with Crippen molar-refractivity contribution >= 4 is 23.2 Å². The Hall–Kier alpha value is -3.02. The second-order valence-corrected chi connectivity index (χ2v) is 10.3. The van der Waals surface area contributed by atoms with E-state index in [9.17, 15) is 9.59 Å². The van der Waals surface area contributed by atoms with E-state index in [2.05, 4.69) is 22.8 Å². The van der Waals surface area contributed by atoms with Gasteiger partial charge in [-0.15, -0.1) is 0 Å². The number of ether oxygens (including phenoxy) is 2. The molecule has 4 saturated carbocycles. The van der Waals surface area contributed by atoms with Gasteiger partial charge in [0.2, 0.25) is 11.8 Å². The predicted molar refractivity (Wildman–Crippen MR) is 128 cm³/mol. The average Bonchev–Trinajstić information content (AvgIpc) is 2.78. The molecule has 2 atom stereocenters. The smallest absolute Gasteiger partial charge is 0.230 e. The largest absolute Gasteiger partial charge is 0.497 e. The number of methoxy groups -OCH3 is 2. The van der Waals surface area contributed by atoms with E-state index < -0.39 is 0 Å². The van der Waals surface area contributed by atoms with Crippen LogP contribution in [0.5, 0.6) is 11.5 Å². The van der Waals surface area contributed by atoms with Crippen LogP contribution in [0.4, 0.5) is 11.4 Å². The number of anilines is 2. The Labute approximate surface area is 195 Å². The molecule has 0 saturated heterocycles. The van der Waals surface area contributed by atoms with E-state index in [0.717, 1.165) is 25.0 Å². The maximum absolute atomic E-state index is 13.8. The molecule has 2 aromatic carbocycles. The van der Waals surface area contributed by atoms with Crippen LogP contribution in [0.3, 0.4) is 0 Å². The predicted octanol–water partition coefficient (Wildman–Crippen LogP) is 5.14. The first kappa shape index (κ1) is 21.8. The first-order chi connectivity index (χ1) is 15.8. The normalized spacial score (nSPS) is 29.4. The van der Waals surface area contributed by atoms with Gasteiger partial charge in [0.05, 0.1) is 25.3 Å². The summed E-state index contributed by atoms with van der Waals surface area (Å²) in [6.07, 6.45) is 6.38. The Morgan fingerprint density at radius 3 is 2.21 bits per heavy atom. The lowest BCUT2D eigenvalue weighted by Gasteiger charge is -2.61. The molecule has 33 heavy (non-hydrogen) atoms. The fourth-order valence-electron chi connectivity index (χ4n) is 7.15. The van der Waals surface area contributed by atoms with E-state index in [0.29, 0.717) is 29.0 Å². The van der Waals surface area contributed by atoms with Crippen LogP contribution in [0.1, 0.15) is 51.0 Å². The molecule has 4 aliphatic rings. The molecule has 6 rings (SSSR count). The Kier molecular flexibility index (Phi) is 5.34. The van der Waals surface area contributed by atoms with Gasteiger partial charge in [0.1, 0.15) is 11.5 Å².